The van der Waals surface area contributed by atoms with Crippen LogP contribution in [0.1, 0.15) is 174 Å². The van der Waals surface area contributed by atoms with Crippen LogP contribution in [0, 0.1) is 0 Å². The molecule has 1 aliphatic rings. The summed E-state index contributed by atoms with van der Waals surface area (Å²) in [4.78, 5) is 25.3. The molecule has 0 spiro atoms. The summed E-state index contributed by atoms with van der Waals surface area (Å²) in [5, 5.41) is 40.0. The van der Waals surface area contributed by atoms with Gasteiger partial charge in [-0.05, 0) is 77.0 Å². The molecule has 324 valence electrons. The van der Waals surface area contributed by atoms with E-state index in [9.17, 15) is 30.0 Å². The molecular formula is C46H80O10. The summed E-state index contributed by atoms with van der Waals surface area (Å²) >= 11 is 0. The fourth-order valence-electron chi connectivity index (χ4n) is 6.36. The van der Waals surface area contributed by atoms with Crippen molar-refractivity contribution in [2.24, 2.45) is 0 Å². The first-order valence-corrected chi connectivity index (χ1v) is 22.2. The first kappa shape index (κ1) is 51.7. The molecule has 2 unspecified atom stereocenters. The second kappa shape index (κ2) is 37.0. The lowest BCUT2D eigenvalue weighted by atomic mass is 9.99. The van der Waals surface area contributed by atoms with E-state index in [1.807, 2.05) is 0 Å². The monoisotopic (exact) mass is 793 g/mol. The minimum atomic E-state index is -1.60. The average Bonchev–Trinajstić information content (AvgIpc) is 3.19. The van der Waals surface area contributed by atoms with Gasteiger partial charge in [0.15, 0.2) is 12.4 Å². The number of carbonyl (C=O) groups excluding carboxylic acids is 2. The van der Waals surface area contributed by atoms with Gasteiger partial charge < -0.3 is 39.4 Å². The van der Waals surface area contributed by atoms with Gasteiger partial charge in [0.1, 0.15) is 31.0 Å². The summed E-state index contributed by atoms with van der Waals surface area (Å²) in [7, 11) is 0. The van der Waals surface area contributed by atoms with Gasteiger partial charge in [-0.15, -0.1) is 0 Å². The van der Waals surface area contributed by atoms with E-state index in [4.69, 9.17) is 18.9 Å². The van der Waals surface area contributed by atoms with Crippen molar-refractivity contribution in [1.82, 2.24) is 0 Å². The van der Waals surface area contributed by atoms with Crippen molar-refractivity contribution < 1.29 is 49.0 Å². The number of carbonyl (C=O) groups is 2. The van der Waals surface area contributed by atoms with Crippen LogP contribution in [0.4, 0.5) is 0 Å². The van der Waals surface area contributed by atoms with Gasteiger partial charge in [0.25, 0.3) is 0 Å². The molecule has 0 aliphatic carbocycles. The lowest BCUT2D eigenvalue weighted by Gasteiger charge is -2.39. The Bertz CT molecular complexity index is 1050. The zero-order valence-corrected chi connectivity index (χ0v) is 35.1. The Morgan fingerprint density at radius 1 is 0.554 bits per heavy atom. The van der Waals surface area contributed by atoms with Crippen molar-refractivity contribution in [1.29, 1.82) is 0 Å². The Hall–Kier alpha value is -2.34. The molecule has 0 amide bonds. The van der Waals surface area contributed by atoms with Crippen LogP contribution in [0.15, 0.2) is 48.6 Å². The standard InChI is InChI=1S/C46H80O10/c1-3-5-7-9-11-13-15-17-19-20-21-23-25-27-29-31-33-35-42(49)55-39(38-54-46-45(52)44(51)43(50)40(36-47)56-46)37-53-41(48)34-32-30-28-26-24-22-18-16-14-12-10-8-6-4-2/h11,13,16-19,21,23,39-40,43-47,50-52H,3-10,12,14-15,20,22,24-38H2,1-2H3/b13-11+,18-16+,19-17+,23-21+/t39-,40-,43+,44?,45?,46-/m1/s1. The minimum Gasteiger partial charge on any atom is -0.462 e. The van der Waals surface area contributed by atoms with Crippen molar-refractivity contribution in [3.8, 4) is 0 Å². The van der Waals surface area contributed by atoms with Crippen LogP contribution in [0.25, 0.3) is 0 Å². The maximum Gasteiger partial charge on any atom is 0.306 e. The van der Waals surface area contributed by atoms with Crippen LogP contribution < -0.4 is 0 Å². The third-order valence-corrected chi connectivity index (χ3v) is 9.94. The zero-order valence-electron chi connectivity index (χ0n) is 35.1. The molecule has 1 heterocycles. The predicted octanol–water partition coefficient (Wildman–Crippen LogP) is 9.27. The number of allylic oxidation sites excluding steroid dienone is 8. The Labute approximate surface area is 339 Å². The number of unbranched alkanes of at least 4 members (excludes halogenated alkanes) is 17. The normalized spacial score (nSPS) is 20.9. The number of aliphatic hydroxyl groups excluding tert-OH is 4. The van der Waals surface area contributed by atoms with Crippen molar-refractivity contribution in [2.45, 2.75) is 211 Å². The van der Waals surface area contributed by atoms with E-state index in [2.05, 4.69) is 62.5 Å². The number of aliphatic hydroxyl groups is 4. The largest absolute Gasteiger partial charge is 0.462 e. The summed E-state index contributed by atoms with van der Waals surface area (Å²) in [6, 6.07) is 0. The maximum absolute atomic E-state index is 12.8. The van der Waals surface area contributed by atoms with Crippen molar-refractivity contribution in [2.75, 3.05) is 19.8 Å². The number of esters is 2. The Kier molecular flexibility index (Phi) is 34.1. The van der Waals surface area contributed by atoms with Gasteiger partial charge in [0, 0.05) is 12.8 Å². The Balaban J connectivity index is 2.37. The lowest BCUT2D eigenvalue weighted by Crippen LogP contribution is -2.59. The Morgan fingerprint density at radius 2 is 1.00 bits per heavy atom. The van der Waals surface area contributed by atoms with E-state index in [1.165, 1.54) is 64.2 Å². The quantitative estimate of drug-likeness (QED) is 0.0275. The molecule has 10 heteroatoms. The third kappa shape index (κ3) is 28.1. The molecule has 0 aromatic carbocycles. The second-order valence-corrected chi connectivity index (χ2v) is 15.1. The highest BCUT2D eigenvalue weighted by molar-refractivity contribution is 5.70. The van der Waals surface area contributed by atoms with Crippen molar-refractivity contribution >= 4 is 11.9 Å². The molecule has 1 rings (SSSR count). The highest BCUT2D eigenvalue weighted by atomic mass is 16.7. The first-order chi connectivity index (χ1) is 27.3. The molecule has 0 aromatic rings. The summed E-state index contributed by atoms with van der Waals surface area (Å²) in [6.45, 7) is 3.34. The van der Waals surface area contributed by atoms with Crippen LogP contribution in [0.5, 0.6) is 0 Å². The molecule has 1 aliphatic heterocycles. The number of hydrogen-bond donors (Lipinski definition) is 4. The van der Waals surface area contributed by atoms with E-state index in [1.54, 1.807) is 0 Å². The maximum atomic E-state index is 12.8. The first-order valence-electron chi connectivity index (χ1n) is 22.2. The van der Waals surface area contributed by atoms with E-state index in [-0.39, 0.29) is 26.1 Å². The topological polar surface area (TPSA) is 152 Å². The minimum absolute atomic E-state index is 0.201. The summed E-state index contributed by atoms with van der Waals surface area (Å²) in [5.74, 6) is -0.844. The molecule has 10 nitrogen and oxygen atoms in total. The van der Waals surface area contributed by atoms with Gasteiger partial charge in [-0.2, -0.15) is 0 Å². The van der Waals surface area contributed by atoms with Gasteiger partial charge in [-0.1, -0.05) is 133 Å². The van der Waals surface area contributed by atoms with Crippen LogP contribution in [-0.2, 0) is 28.5 Å². The summed E-state index contributed by atoms with van der Waals surface area (Å²) in [6.07, 6.45) is 35.4. The average molecular weight is 793 g/mol. The fourth-order valence-corrected chi connectivity index (χ4v) is 6.36. The molecule has 1 fully saturated rings. The molecule has 1 saturated heterocycles. The smallest absolute Gasteiger partial charge is 0.306 e. The number of rotatable bonds is 36. The van der Waals surface area contributed by atoms with Crippen LogP contribution in [-0.4, -0.2) is 89.0 Å². The molecule has 56 heavy (non-hydrogen) atoms. The highest BCUT2D eigenvalue weighted by Crippen LogP contribution is 2.22. The van der Waals surface area contributed by atoms with Crippen LogP contribution in [0.3, 0.4) is 0 Å². The summed E-state index contributed by atoms with van der Waals surface area (Å²) < 4.78 is 22.1. The SMILES string of the molecule is CCCCC/C=C/C/C=C/C/C=C/CCCCCCC(=O)O[C@H](COC(=O)CCCCCCC/C=C/CCCCCCC)CO[C@@H]1O[C@H](CO)[C@H](O)C(O)C1O. The van der Waals surface area contributed by atoms with Crippen molar-refractivity contribution in [3.05, 3.63) is 48.6 Å². The van der Waals surface area contributed by atoms with Gasteiger partial charge in [0.05, 0.1) is 13.2 Å². The number of hydrogen-bond acceptors (Lipinski definition) is 10. The third-order valence-electron chi connectivity index (χ3n) is 9.94. The lowest BCUT2D eigenvalue weighted by molar-refractivity contribution is -0.305. The van der Waals surface area contributed by atoms with Gasteiger partial charge in [-0.3, -0.25) is 9.59 Å². The predicted molar refractivity (Wildman–Crippen MR) is 224 cm³/mol. The fraction of sp³-hybridized carbons (Fsp3) is 0.783. The molecule has 6 atom stereocenters. The second-order valence-electron chi connectivity index (χ2n) is 15.1. The highest BCUT2D eigenvalue weighted by Gasteiger charge is 2.44. The molecular weight excluding hydrogens is 712 g/mol. The van der Waals surface area contributed by atoms with Crippen LogP contribution in [0.2, 0.25) is 0 Å². The van der Waals surface area contributed by atoms with E-state index < -0.39 is 55.4 Å². The van der Waals surface area contributed by atoms with Gasteiger partial charge >= 0.3 is 11.9 Å². The van der Waals surface area contributed by atoms with E-state index in [0.29, 0.717) is 12.8 Å². The van der Waals surface area contributed by atoms with Crippen LogP contribution >= 0.6 is 0 Å². The van der Waals surface area contributed by atoms with Crippen molar-refractivity contribution in [3.63, 3.8) is 0 Å². The zero-order chi connectivity index (χ0) is 40.9. The molecule has 0 radical (unpaired) electrons. The summed E-state index contributed by atoms with van der Waals surface area (Å²) in [5.41, 5.74) is 0. The van der Waals surface area contributed by atoms with E-state index >= 15 is 0 Å². The van der Waals surface area contributed by atoms with E-state index in [0.717, 1.165) is 70.6 Å². The molecule has 0 aromatic heterocycles. The number of ether oxygens (including phenoxy) is 4. The molecule has 0 bridgehead atoms. The van der Waals surface area contributed by atoms with Gasteiger partial charge in [-0.25, -0.2) is 0 Å². The van der Waals surface area contributed by atoms with Gasteiger partial charge in [0.2, 0.25) is 0 Å². The molecule has 0 saturated carbocycles. The molecule has 4 N–H and O–H groups in total. The Morgan fingerprint density at radius 3 is 1.55 bits per heavy atom.